The zero-order valence-corrected chi connectivity index (χ0v) is 10.3. The minimum absolute atomic E-state index is 0.0736. The molecule has 0 amide bonds. The fourth-order valence-corrected chi connectivity index (χ4v) is 1.70. The second kappa shape index (κ2) is 5.10. The Kier molecular flexibility index (Phi) is 3.53. The van der Waals surface area contributed by atoms with Gasteiger partial charge in [-0.05, 0) is 6.07 Å². The van der Waals surface area contributed by atoms with Gasteiger partial charge in [-0.15, -0.1) is 0 Å². The summed E-state index contributed by atoms with van der Waals surface area (Å²) < 4.78 is 15.5. The third-order valence-corrected chi connectivity index (χ3v) is 2.79. The first-order valence-electron chi connectivity index (χ1n) is 5.30. The van der Waals surface area contributed by atoms with E-state index in [2.05, 4.69) is 0 Å². The molecule has 0 saturated carbocycles. The average molecular weight is 262 g/mol. The highest BCUT2D eigenvalue weighted by atomic mass is 32.1. The normalized spacial score (nSPS) is 10.3. The minimum Gasteiger partial charge on any atom is -0.389 e. The van der Waals surface area contributed by atoms with E-state index >= 15 is 0 Å². The lowest BCUT2D eigenvalue weighted by molar-refractivity contribution is 0.598. The lowest BCUT2D eigenvalue weighted by atomic mass is 10.1. The second-order valence-electron chi connectivity index (χ2n) is 3.88. The molecule has 0 radical (unpaired) electrons. The Morgan fingerprint density at radius 3 is 2.50 bits per heavy atom. The lowest BCUT2D eigenvalue weighted by Crippen LogP contribution is -2.11. The molecule has 0 spiro atoms. The van der Waals surface area contributed by atoms with Crippen molar-refractivity contribution < 1.29 is 4.39 Å². The predicted molar refractivity (Wildman–Crippen MR) is 72.1 cm³/mol. The Morgan fingerprint density at radius 2 is 1.94 bits per heavy atom. The van der Waals surface area contributed by atoms with E-state index in [0.29, 0.717) is 17.7 Å². The van der Waals surface area contributed by atoms with Gasteiger partial charge in [0.25, 0.3) is 0 Å². The maximum Gasteiger partial charge on any atom is 0.181 e. The number of aromatic nitrogens is 1. The molecule has 1 aromatic carbocycles. The van der Waals surface area contributed by atoms with Crippen molar-refractivity contribution in [3.05, 3.63) is 69.9 Å². The Morgan fingerprint density at radius 1 is 1.28 bits per heavy atom. The van der Waals surface area contributed by atoms with Gasteiger partial charge in [0.1, 0.15) is 10.8 Å². The molecular weight excluding hydrogens is 251 g/mol. The number of benzene rings is 1. The molecule has 0 saturated heterocycles. The van der Waals surface area contributed by atoms with Crippen molar-refractivity contribution in [1.82, 2.24) is 4.57 Å². The summed E-state index contributed by atoms with van der Waals surface area (Å²) in [6.45, 7) is 0.351. The van der Waals surface area contributed by atoms with Gasteiger partial charge in [-0.2, -0.15) is 0 Å². The molecule has 1 heterocycles. The third-order valence-electron chi connectivity index (χ3n) is 2.55. The topological polar surface area (TPSA) is 48.0 Å². The Bertz CT molecular complexity index is 631. The fourth-order valence-electron chi connectivity index (χ4n) is 1.57. The SMILES string of the molecule is NC(=S)c1ccc(Cn2ccc(=O)cc2)c(F)c1. The molecule has 0 fully saturated rings. The molecule has 3 nitrogen and oxygen atoms in total. The summed E-state index contributed by atoms with van der Waals surface area (Å²) in [5, 5.41) is 0. The molecule has 0 aliphatic rings. The average Bonchev–Trinajstić information content (AvgIpc) is 2.34. The van der Waals surface area contributed by atoms with E-state index in [1.165, 1.54) is 18.2 Å². The van der Waals surface area contributed by atoms with E-state index in [0.717, 1.165) is 0 Å². The molecule has 0 aliphatic heterocycles. The summed E-state index contributed by atoms with van der Waals surface area (Å²) in [6.07, 6.45) is 3.23. The molecule has 2 aromatic rings. The third kappa shape index (κ3) is 2.81. The van der Waals surface area contributed by atoms with Crippen LogP contribution < -0.4 is 11.2 Å². The predicted octanol–water partition coefficient (Wildman–Crippen LogP) is 1.67. The second-order valence-corrected chi connectivity index (χ2v) is 4.32. The van der Waals surface area contributed by atoms with Crippen LogP contribution in [0, 0.1) is 5.82 Å². The van der Waals surface area contributed by atoms with Crippen LogP contribution >= 0.6 is 12.2 Å². The fraction of sp³-hybridized carbons (Fsp3) is 0.0769. The van der Waals surface area contributed by atoms with E-state index in [1.54, 1.807) is 29.1 Å². The largest absolute Gasteiger partial charge is 0.389 e. The Hall–Kier alpha value is -2.01. The van der Waals surface area contributed by atoms with Gasteiger partial charge in [-0.1, -0.05) is 24.4 Å². The van der Waals surface area contributed by atoms with Crippen LogP contribution in [0.4, 0.5) is 4.39 Å². The van der Waals surface area contributed by atoms with Crippen LogP contribution in [-0.4, -0.2) is 9.56 Å². The smallest absolute Gasteiger partial charge is 0.181 e. The molecule has 0 bridgehead atoms. The summed E-state index contributed by atoms with van der Waals surface area (Å²) in [6, 6.07) is 7.51. The van der Waals surface area contributed by atoms with Crippen LogP contribution in [0.5, 0.6) is 0 Å². The monoisotopic (exact) mass is 262 g/mol. The number of thiocarbonyl (C=S) groups is 1. The highest BCUT2D eigenvalue weighted by Gasteiger charge is 2.05. The first-order chi connectivity index (χ1) is 8.56. The van der Waals surface area contributed by atoms with Crippen molar-refractivity contribution in [1.29, 1.82) is 0 Å². The molecule has 0 unspecified atom stereocenters. The van der Waals surface area contributed by atoms with Crippen molar-refractivity contribution >= 4 is 17.2 Å². The quantitative estimate of drug-likeness (QED) is 0.856. The zero-order valence-electron chi connectivity index (χ0n) is 9.47. The highest BCUT2D eigenvalue weighted by molar-refractivity contribution is 7.80. The molecular formula is C13H11FN2OS. The number of pyridine rings is 1. The molecule has 5 heteroatoms. The molecule has 18 heavy (non-hydrogen) atoms. The van der Waals surface area contributed by atoms with Gasteiger partial charge in [0, 0.05) is 42.2 Å². The van der Waals surface area contributed by atoms with Crippen LogP contribution in [-0.2, 0) is 6.54 Å². The van der Waals surface area contributed by atoms with Gasteiger partial charge in [0.15, 0.2) is 5.43 Å². The van der Waals surface area contributed by atoms with Crippen molar-refractivity contribution in [3.8, 4) is 0 Å². The highest BCUT2D eigenvalue weighted by Crippen LogP contribution is 2.12. The molecule has 1 aromatic heterocycles. The van der Waals surface area contributed by atoms with Crippen molar-refractivity contribution in [2.75, 3.05) is 0 Å². The standard InChI is InChI=1S/C13H11FN2OS/c14-12-7-9(13(15)18)1-2-10(12)8-16-5-3-11(17)4-6-16/h1-7H,8H2,(H2,15,18). The number of nitrogens with two attached hydrogens (primary N) is 1. The van der Waals surface area contributed by atoms with Gasteiger partial charge in [0.2, 0.25) is 0 Å². The van der Waals surface area contributed by atoms with Crippen LogP contribution in [0.1, 0.15) is 11.1 Å². The lowest BCUT2D eigenvalue weighted by Gasteiger charge is -2.08. The van der Waals surface area contributed by atoms with E-state index < -0.39 is 0 Å². The van der Waals surface area contributed by atoms with Gasteiger partial charge >= 0.3 is 0 Å². The number of hydrogen-bond acceptors (Lipinski definition) is 2. The number of hydrogen-bond donors (Lipinski definition) is 1. The first-order valence-corrected chi connectivity index (χ1v) is 5.71. The maximum atomic E-state index is 13.8. The Balaban J connectivity index is 2.27. The van der Waals surface area contributed by atoms with Crippen LogP contribution in [0.3, 0.4) is 0 Å². The van der Waals surface area contributed by atoms with Gasteiger partial charge < -0.3 is 10.3 Å². The van der Waals surface area contributed by atoms with Gasteiger partial charge in [-0.3, -0.25) is 4.79 Å². The van der Waals surface area contributed by atoms with Crippen molar-refractivity contribution in [2.24, 2.45) is 5.73 Å². The van der Waals surface area contributed by atoms with Crippen LogP contribution in [0.2, 0.25) is 0 Å². The summed E-state index contributed by atoms with van der Waals surface area (Å²) in [4.78, 5) is 11.1. The molecule has 2 rings (SSSR count). The summed E-state index contributed by atoms with van der Waals surface area (Å²) in [5.74, 6) is -0.362. The number of rotatable bonds is 3. The van der Waals surface area contributed by atoms with E-state index in [4.69, 9.17) is 18.0 Å². The van der Waals surface area contributed by atoms with Crippen LogP contribution in [0.25, 0.3) is 0 Å². The van der Waals surface area contributed by atoms with Crippen molar-refractivity contribution in [2.45, 2.75) is 6.54 Å². The summed E-state index contributed by atoms with van der Waals surface area (Å²) in [7, 11) is 0. The maximum absolute atomic E-state index is 13.8. The van der Waals surface area contributed by atoms with E-state index in [1.807, 2.05) is 0 Å². The minimum atomic E-state index is -0.362. The number of halogens is 1. The van der Waals surface area contributed by atoms with Crippen molar-refractivity contribution in [3.63, 3.8) is 0 Å². The van der Waals surface area contributed by atoms with Gasteiger partial charge in [-0.25, -0.2) is 4.39 Å². The Labute approximate surface area is 109 Å². The molecule has 92 valence electrons. The zero-order chi connectivity index (χ0) is 13.1. The van der Waals surface area contributed by atoms with Gasteiger partial charge in [0.05, 0.1) is 0 Å². The summed E-state index contributed by atoms with van der Waals surface area (Å²) in [5.41, 5.74) is 6.37. The molecule has 2 N–H and O–H groups in total. The first kappa shape index (κ1) is 12.4. The van der Waals surface area contributed by atoms with Crippen LogP contribution in [0.15, 0.2) is 47.5 Å². The molecule has 0 aliphatic carbocycles. The summed E-state index contributed by atoms with van der Waals surface area (Å²) >= 11 is 4.78. The van der Waals surface area contributed by atoms with E-state index in [-0.39, 0.29) is 16.2 Å². The van der Waals surface area contributed by atoms with E-state index in [9.17, 15) is 9.18 Å². The number of nitrogens with zero attached hydrogens (tertiary/aromatic N) is 1. The molecule has 0 atom stereocenters.